The first kappa shape index (κ1) is 27.1. The van der Waals surface area contributed by atoms with Gasteiger partial charge in [-0.1, -0.05) is 37.6 Å². The molecule has 7 nitrogen and oxygen atoms in total. The summed E-state index contributed by atoms with van der Waals surface area (Å²) < 4.78 is 48.7. The largest absolute Gasteiger partial charge is 0.495 e. The van der Waals surface area contributed by atoms with Gasteiger partial charge in [-0.2, -0.15) is 0 Å². The minimum atomic E-state index is -4.15. The normalized spacial score (nSPS) is 17.7. The van der Waals surface area contributed by atoms with E-state index in [1.54, 1.807) is 6.07 Å². The number of aromatic carboxylic acids is 1. The molecule has 0 saturated heterocycles. The summed E-state index contributed by atoms with van der Waals surface area (Å²) in [5.41, 5.74) is 2.03. The highest BCUT2D eigenvalue weighted by molar-refractivity contribution is 7.92. The zero-order valence-electron chi connectivity index (χ0n) is 21.6. The van der Waals surface area contributed by atoms with Crippen molar-refractivity contribution in [3.05, 3.63) is 71.5 Å². The van der Waals surface area contributed by atoms with E-state index >= 15 is 0 Å². The number of nitrogens with zero attached hydrogens (tertiary/aromatic N) is 1. The van der Waals surface area contributed by atoms with E-state index in [2.05, 4.69) is 40.9 Å². The third kappa shape index (κ3) is 5.62. The Balaban J connectivity index is 1.37. The van der Waals surface area contributed by atoms with E-state index in [9.17, 15) is 17.6 Å². The molecule has 0 radical (unpaired) electrons. The fourth-order valence-corrected chi connectivity index (χ4v) is 7.20. The molecule has 204 valence electrons. The van der Waals surface area contributed by atoms with Crippen LogP contribution in [0.2, 0.25) is 0 Å². The molecule has 2 N–H and O–H groups in total. The van der Waals surface area contributed by atoms with Crippen LogP contribution in [-0.4, -0.2) is 31.6 Å². The Labute approximate surface area is 230 Å². The highest BCUT2D eigenvalue weighted by atomic mass is 32.2. The Bertz CT molecular complexity index is 1630. The fraction of sp³-hybridized carbons (Fsp3) is 0.310. The van der Waals surface area contributed by atoms with E-state index in [0.717, 1.165) is 33.3 Å². The number of halogens is 1. The third-order valence-electron chi connectivity index (χ3n) is 7.49. The highest BCUT2D eigenvalue weighted by Gasteiger charge is 2.23. The molecule has 1 saturated carbocycles. The molecule has 0 amide bonds. The fourth-order valence-electron chi connectivity index (χ4n) is 5.17. The number of fused-ring (bicyclic) bond motifs is 1. The molecule has 10 heteroatoms. The number of methoxy groups -OCH3 is 1. The Morgan fingerprint density at radius 3 is 2.46 bits per heavy atom. The Morgan fingerprint density at radius 1 is 1.10 bits per heavy atom. The van der Waals surface area contributed by atoms with E-state index in [1.165, 1.54) is 68.2 Å². The van der Waals surface area contributed by atoms with E-state index in [0.29, 0.717) is 11.4 Å². The second-order valence-corrected chi connectivity index (χ2v) is 12.6. The lowest BCUT2D eigenvalue weighted by molar-refractivity contribution is 0.0691. The minimum Gasteiger partial charge on any atom is -0.495 e. The molecule has 0 bridgehead atoms. The van der Waals surface area contributed by atoms with Crippen LogP contribution in [0.5, 0.6) is 5.75 Å². The summed E-state index contributed by atoms with van der Waals surface area (Å²) in [4.78, 5) is 15.8. The topological polar surface area (TPSA) is 106 Å². The van der Waals surface area contributed by atoms with Crippen LogP contribution >= 0.6 is 11.3 Å². The Morgan fingerprint density at radius 2 is 1.82 bits per heavy atom. The van der Waals surface area contributed by atoms with Crippen molar-refractivity contribution in [2.75, 3.05) is 11.8 Å². The van der Waals surface area contributed by atoms with Crippen molar-refractivity contribution in [2.45, 2.75) is 49.8 Å². The number of ether oxygens (including phenoxy) is 1. The molecular weight excluding hydrogens is 539 g/mol. The first-order valence-electron chi connectivity index (χ1n) is 12.8. The predicted octanol–water partition coefficient (Wildman–Crippen LogP) is 7.29. The summed E-state index contributed by atoms with van der Waals surface area (Å²) in [6.45, 7) is 2.27. The lowest BCUT2D eigenvalue weighted by atomic mass is 9.78. The maximum absolute atomic E-state index is 14.2. The first-order valence-corrected chi connectivity index (χ1v) is 15.1. The average Bonchev–Trinajstić information content (AvgIpc) is 3.37. The minimum absolute atomic E-state index is 0.0605. The number of hydrogen-bond donors (Lipinski definition) is 2. The van der Waals surface area contributed by atoms with Crippen molar-refractivity contribution in [3.63, 3.8) is 0 Å². The number of carboxylic acid groups (broad SMARTS) is 1. The van der Waals surface area contributed by atoms with Crippen molar-refractivity contribution in [3.8, 4) is 16.3 Å². The average molecular weight is 569 g/mol. The molecule has 3 aromatic carbocycles. The van der Waals surface area contributed by atoms with Crippen molar-refractivity contribution >= 4 is 43.2 Å². The van der Waals surface area contributed by atoms with Gasteiger partial charge in [-0.3, -0.25) is 4.72 Å². The number of carboxylic acids is 1. The van der Waals surface area contributed by atoms with Crippen LogP contribution in [0.3, 0.4) is 0 Å². The molecule has 1 aliphatic rings. The molecule has 0 aliphatic heterocycles. The highest BCUT2D eigenvalue weighted by Crippen LogP contribution is 2.38. The van der Waals surface area contributed by atoms with Gasteiger partial charge in [0.05, 0.1) is 33.5 Å². The maximum atomic E-state index is 14.2. The predicted molar refractivity (Wildman–Crippen MR) is 151 cm³/mol. The van der Waals surface area contributed by atoms with Gasteiger partial charge in [-0.25, -0.2) is 22.6 Å². The van der Waals surface area contributed by atoms with Crippen LogP contribution in [0.4, 0.5) is 10.1 Å². The zero-order valence-corrected chi connectivity index (χ0v) is 23.2. The van der Waals surface area contributed by atoms with E-state index in [4.69, 9.17) is 9.84 Å². The summed E-state index contributed by atoms with van der Waals surface area (Å²) in [7, 11) is -2.91. The molecule has 0 spiro atoms. The number of anilines is 1. The van der Waals surface area contributed by atoms with Crippen molar-refractivity contribution in [2.24, 2.45) is 5.92 Å². The van der Waals surface area contributed by atoms with Gasteiger partial charge in [0.25, 0.3) is 10.0 Å². The quantitative estimate of drug-likeness (QED) is 0.231. The summed E-state index contributed by atoms with van der Waals surface area (Å²) >= 11 is 1.48. The molecule has 0 atom stereocenters. The summed E-state index contributed by atoms with van der Waals surface area (Å²) in [5, 5.41) is 9.92. The number of aromatic nitrogens is 1. The third-order valence-corrected chi connectivity index (χ3v) is 9.94. The molecule has 1 heterocycles. The number of rotatable bonds is 8. The van der Waals surface area contributed by atoms with E-state index in [-0.39, 0.29) is 16.3 Å². The van der Waals surface area contributed by atoms with Crippen LogP contribution in [0.15, 0.2) is 59.5 Å². The van der Waals surface area contributed by atoms with Crippen LogP contribution in [0.25, 0.3) is 20.8 Å². The molecular formula is C29H29FN2O5S2. The number of sulfonamides is 1. The molecule has 4 aromatic rings. The van der Waals surface area contributed by atoms with Gasteiger partial charge >= 0.3 is 5.97 Å². The van der Waals surface area contributed by atoms with Gasteiger partial charge in [0.15, 0.2) is 0 Å². The van der Waals surface area contributed by atoms with Crippen LogP contribution in [0.1, 0.15) is 60.9 Å². The lowest BCUT2D eigenvalue weighted by Crippen LogP contribution is -2.14. The van der Waals surface area contributed by atoms with Gasteiger partial charge in [0, 0.05) is 11.6 Å². The lowest BCUT2D eigenvalue weighted by Gasteiger charge is -2.28. The SMILES string of the molecule is CC[C@H]1CC[C@H](c2ccc(-c3nc4cc(S(=O)(=O)Nc5cc(F)c(C(=O)O)cc5OC)ccc4s3)cc2)CC1. The number of carbonyl (C=O) groups is 1. The van der Waals surface area contributed by atoms with Gasteiger partial charge in [0.1, 0.15) is 16.6 Å². The Kier molecular flexibility index (Phi) is 7.59. The summed E-state index contributed by atoms with van der Waals surface area (Å²) in [6, 6.07) is 14.9. The van der Waals surface area contributed by atoms with Gasteiger partial charge in [-0.05, 0) is 67.3 Å². The molecule has 0 unspecified atom stereocenters. The zero-order chi connectivity index (χ0) is 27.7. The van der Waals surface area contributed by atoms with E-state index in [1.807, 2.05) is 0 Å². The number of hydrogen-bond acceptors (Lipinski definition) is 6. The molecule has 1 aliphatic carbocycles. The van der Waals surface area contributed by atoms with Crippen molar-refractivity contribution in [1.29, 1.82) is 0 Å². The second kappa shape index (κ2) is 10.9. The van der Waals surface area contributed by atoms with E-state index < -0.39 is 27.4 Å². The van der Waals surface area contributed by atoms with Crippen molar-refractivity contribution < 1.29 is 27.4 Å². The van der Waals surface area contributed by atoms with Crippen LogP contribution < -0.4 is 9.46 Å². The van der Waals surface area contributed by atoms with Crippen molar-refractivity contribution in [1.82, 2.24) is 4.98 Å². The molecule has 5 rings (SSSR count). The maximum Gasteiger partial charge on any atom is 0.338 e. The molecule has 1 fully saturated rings. The molecule has 1 aromatic heterocycles. The Hall–Kier alpha value is -3.50. The first-order chi connectivity index (χ1) is 18.7. The van der Waals surface area contributed by atoms with Crippen LogP contribution in [0, 0.1) is 11.7 Å². The van der Waals surface area contributed by atoms with Crippen LogP contribution in [-0.2, 0) is 10.0 Å². The van der Waals surface area contributed by atoms with Gasteiger partial charge in [0.2, 0.25) is 0 Å². The smallest absolute Gasteiger partial charge is 0.338 e. The summed E-state index contributed by atoms with van der Waals surface area (Å²) in [5.74, 6) is -1.23. The van der Waals surface area contributed by atoms with Gasteiger partial charge in [-0.15, -0.1) is 11.3 Å². The summed E-state index contributed by atoms with van der Waals surface area (Å²) in [6.07, 6.45) is 6.29. The second-order valence-electron chi connectivity index (χ2n) is 9.84. The number of benzene rings is 3. The number of thiazole rings is 1. The molecule has 39 heavy (non-hydrogen) atoms. The monoisotopic (exact) mass is 568 g/mol. The number of nitrogens with one attached hydrogen (secondary N) is 1. The van der Waals surface area contributed by atoms with Gasteiger partial charge < -0.3 is 9.84 Å². The standard InChI is InChI=1S/C29H29FN2O5S2/c1-3-17-4-6-18(7-5-17)19-8-10-20(11-9-19)28-31-25-14-21(12-13-27(25)38-28)39(35,36)32-24-16-23(30)22(29(33)34)15-26(24)37-2/h8-18,32H,3-7H2,1-2H3,(H,33,34)/t17-,18-.